The van der Waals surface area contributed by atoms with E-state index in [0.717, 1.165) is 18.4 Å². The molecular formula is C26H24F2N6O3S. The normalized spacial score (nSPS) is 16.7. The van der Waals surface area contributed by atoms with Crippen LogP contribution >= 0.6 is 0 Å². The Labute approximate surface area is 219 Å². The standard InChI is InChI=1S/C26H22F2N6O2S.H2O/c27-18-5-3-17(4-6-18)23-24(34-14-15-36-26(34)32-23)22-11-12-29-25(31-22)30-20-2-1-13-33(16-20)37(35)21-9-7-19(28)8-10-21;/h3-12,14-15,20H,1-2,13,16H2,(H,29,30,31);1H2/t20-,37?;/m1./s1. The Hall–Kier alpha value is -4.00. The molecule has 0 saturated carbocycles. The topological polar surface area (TPSA) is 120 Å². The number of hydrogen-bond donors (Lipinski definition) is 1. The van der Waals surface area contributed by atoms with E-state index in [0.29, 0.717) is 46.9 Å². The zero-order valence-corrected chi connectivity index (χ0v) is 20.9. The highest BCUT2D eigenvalue weighted by Crippen LogP contribution is 2.32. The lowest BCUT2D eigenvalue weighted by atomic mass is 10.1. The summed E-state index contributed by atoms with van der Waals surface area (Å²) in [5.41, 5.74) is 2.66. The zero-order chi connectivity index (χ0) is 25.4. The third-order valence-corrected chi connectivity index (χ3v) is 7.72. The van der Waals surface area contributed by atoms with Gasteiger partial charge in [-0.2, -0.15) is 4.98 Å². The fourth-order valence-electron chi connectivity index (χ4n) is 4.49. The fourth-order valence-corrected chi connectivity index (χ4v) is 5.77. The number of nitrogens with one attached hydrogen (secondary N) is 1. The Kier molecular flexibility index (Phi) is 7.27. The molecule has 0 spiro atoms. The van der Waals surface area contributed by atoms with E-state index in [9.17, 15) is 13.0 Å². The number of piperidine rings is 1. The number of nitrogens with zero attached hydrogens (tertiary/aromatic N) is 5. The number of benzene rings is 2. The summed E-state index contributed by atoms with van der Waals surface area (Å²) in [6.07, 6.45) is 6.67. The summed E-state index contributed by atoms with van der Waals surface area (Å²) < 4.78 is 49.0. The third-order valence-electron chi connectivity index (χ3n) is 6.25. The predicted octanol–water partition coefficient (Wildman–Crippen LogP) is 4.10. The van der Waals surface area contributed by atoms with Gasteiger partial charge in [0.1, 0.15) is 40.3 Å². The minimum atomic E-state index is -1.39. The molecule has 1 aliphatic rings. The van der Waals surface area contributed by atoms with Crippen molar-refractivity contribution in [1.82, 2.24) is 23.7 Å². The highest BCUT2D eigenvalue weighted by Gasteiger charge is 2.26. The molecule has 5 aromatic rings. The first-order valence-corrected chi connectivity index (χ1v) is 12.9. The van der Waals surface area contributed by atoms with Gasteiger partial charge in [0.15, 0.2) is 0 Å². The van der Waals surface area contributed by atoms with E-state index < -0.39 is 11.0 Å². The third kappa shape index (κ3) is 5.05. The van der Waals surface area contributed by atoms with Crippen LogP contribution in [0.3, 0.4) is 0 Å². The summed E-state index contributed by atoms with van der Waals surface area (Å²) in [5, 5.41) is 3.38. The Balaban J connectivity index is 0.00000294. The Morgan fingerprint density at radius 2 is 1.74 bits per heavy atom. The van der Waals surface area contributed by atoms with Gasteiger partial charge >= 0.3 is 5.84 Å². The molecule has 1 unspecified atom stereocenters. The Morgan fingerprint density at radius 3 is 2.50 bits per heavy atom. The lowest BCUT2D eigenvalue weighted by Crippen LogP contribution is -2.43. The lowest BCUT2D eigenvalue weighted by molar-refractivity contribution is 0.342. The van der Waals surface area contributed by atoms with E-state index in [4.69, 9.17) is 9.40 Å². The van der Waals surface area contributed by atoms with E-state index in [2.05, 4.69) is 15.3 Å². The number of aromatic nitrogens is 4. The van der Waals surface area contributed by atoms with Crippen molar-refractivity contribution >= 4 is 22.8 Å². The molecule has 0 amide bonds. The summed E-state index contributed by atoms with van der Waals surface area (Å²) in [5.74, 6) is 0.141. The fraction of sp³-hybridized carbons (Fsp3) is 0.192. The van der Waals surface area contributed by atoms with Gasteiger partial charge in [0, 0.05) is 37.1 Å². The second-order valence-electron chi connectivity index (χ2n) is 8.71. The molecule has 4 heterocycles. The largest absolute Gasteiger partial charge is 0.432 e. The van der Waals surface area contributed by atoms with Crippen LogP contribution in [0.15, 0.2) is 82.6 Å². The van der Waals surface area contributed by atoms with Crippen LogP contribution in [-0.4, -0.2) is 52.5 Å². The number of rotatable bonds is 6. The van der Waals surface area contributed by atoms with Crippen molar-refractivity contribution in [1.29, 1.82) is 0 Å². The molecule has 3 N–H and O–H groups in total. The van der Waals surface area contributed by atoms with Gasteiger partial charge in [-0.3, -0.25) is 4.40 Å². The molecule has 2 atom stereocenters. The van der Waals surface area contributed by atoms with Crippen LogP contribution in [0.4, 0.5) is 14.7 Å². The van der Waals surface area contributed by atoms with Gasteiger partial charge in [-0.05, 0) is 67.4 Å². The Bertz CT molecular complexity index is 1570. The number of anilines is 1. The van der Waals surface area contributed by atoms with Gasteiger partial charge in [0.25, 0.3) is 0 Å². The van der Waals surface area contributed by atoms with Crippen molar-refractivity contribution in [2.24, 2.45) is 0 Å². The molecular weight excluding hydrogens is 514 g/mol. The maximum Gasteiger partial charge on any atom is 0.306 e. The van der Waals surface area contributed by atoms with E-state index in [1.54, 1.807) is 53.4 Å². The molecule has 0 radical (unpaired) electrons. The predicted molar refractivity (Wildman–Crippen MR) is 139 cm³/mol. The van der Waals surface area contributed by atoms with Gasteiger partial charge < -0.3 is 15.2 Å². The van der Waals surface area contributed by atoms with Crippen LogP contribution in [0.25, 0.3) is 28.5 Å². The average molecular weight is 539 g/mol. The number of halogens is 2. The minimum Gasteiger partial charge on any atom is -0.432 e. The molecule has 0 bridgehead atoms. The monoisotopic (exact) mass is 538 g/mol. The van der Waals surface area contributed by atoms with Gasteiger partial charge in [-0.15, -0.1) is 0 Å². The zero-order valence-electron chi connectivity index (χ0n) is 20.1. The smallest absolute Gasteiger partial charge is 0.306 e. The summed E-state index contributed by atoms with van der Waals surface area (Å²) in [7, 11) is -1.39. The maximum absolute atomic E-state index is 13.5. The summed E-state index contributed by atoms with van der Waals surface area (Å²) >= 11 is 0. The first-order chi connectivity index (χ1) is 18.0. The van der Waals surface area contributed by atoms with Crippen LogP contribution < -0.4 is 5.32 Å². The molecule has 9 nitrogen and oxygen atoms in total. The second-order valence-corrected chi connectivity index (χ2v) is 10.2. The number of oxazole rings is 1. The number of fused-ring (bicyclic) bond motifs is 1. The molecule has 3 aromatic heterocycles. The van der Waals surface area contributed by atoms with Crippen molar-refractivity contribution in [2.45, 2.75) is 23.8 Å². The molecule has 0 aliphatic carbocycles. The van der Waals surface area contributed by atoms with Crippen molar-refractivity contribution in [2.75, 3.05) is 18.4 Å². The first-order valence-electron chi connectivity index (χ1n) is 11.8. The highest BCUT2D eigenvalue weighted by molar-refractivity contribution is 7.82. The van der Waals surface area contributed by atoms with Crippen molar-refractivity contribution in [3.05, 3.63) is 84.9 Å². The van der Waals surface area contributed by atoms with E-state index in [-0.39, 0.29) is 23.2 Å². The van der Waals surface area contributed by atoms with Crippen LogP contribution in [0.1, 0.15) is 12.8 Å². The average Bonchev–Trinajstić information content (AvgIpc) is 3.51. The van der Waals surface area contributed by atoms with Gasteiger partial charge in [-0.1, -0.05) is 0 Å². The molecule has 1 aliphatic heterocycles. The van der Waals surface area contributed by atoms with E-state index >= 15 is 0 Å². The van der Waals surface area contributed by atoms with Gasteiger partial charge in [0.05, 0.1) is 10.6 Å². The van der Waals surface area contributed by atoms with E-state index in [1.807, 2.05) is 4.31 Å². The molecule has 38 heavy (non-hydrogen) atoms. The summed E-state index contributed by atoms with van der Waals surface area (Å²) in [4.78, 5) is 14.3. The first kappa shape index (κ1) is 25.6. The van der Waals surface area contributed by atoms with Crippen molar-refractivity contribution < 1.29 is 22.9 Å². The van der Waals surface area contributed by atoms with Crippen molar-refractivity contribution in [3.63, 3.8) is 0 Å². The van der Waals surface area contributed by atoms with Crippen LogP contribution in [0, 0.1) is 11.6 Å². The van der Waals surface area contributed by atoms with Crippen molar-refractivity contribution in [3.8, 4) is 22.6 Å². The second kappa shape index (κ2) is 10.8. The van der Waals surface area contributed by atoms with Gasteiger partial charge in [0.2, 0.25) is 5.95 Å². The van der Waals surface area contributed by atoms with E-state index in [1.165, 1.54) is 24.3 Å². The molecule has 1 fully saturated rings. The number of hydrogen-bond acceptors (Lipinski definition) is 6. The van der Waals surface area contributed by atoms with Crippen LogP contribution in [0.5, 0.6) is 0 Å². The minimum absolute atomic E-state index is 0. The van der Waals surface area contributed by atoms with Crippen LogP contribution in [-0.2, 0) is 11.0 Å². The lowest BCUT2D eigenvalue weighted by Gasteiger charge is -2.32. The summed E-state index contributed by atoms with van der Waals surface area (Å²) in [6.45, 7) is 1.20. The Morgan fingerprint density at radius 1 is 1.00 bits per heavy atom. The molecule has 12 heteroatoms. The molecule has 1 saturated heterocycles. The molecule has 196 valence electrons. The van der Waals surface area contributed by atoms with Crippen LogP contribution in [0.2, 0.25) is 0 Å². The highest BCUT2D eigenvalue weighted by atomic mass is 32.2. The number of imidazole rings is 1. The quantitative estimate of drug-likeness (QED) is 0.348. The summed E-state index contributed by atoms with van der Waals surface area (Å²) in [6, 6.07) is 13.6. The van der Waals surface area contributed by atoms with Gasteiger partial charge in [-0.25, -0.2) is 27.3 Å². The molecule has 6 rings (SSSR count). The SMILES string of the molecule is O.O=S(c1ccc(F)cc1)N1CCC[C@@H](Nc2nccc(-c3c(-c4ccc(F)cc4)nc4occn34)n2)C1. The molecule has 2 aromatic carbocycles. The maximum atomic E-state index is 13.5.